The van der Waals surface area contributed by atoms with E-state index in [1.54, 1.807) is 0 Å². The van der Waals surface area contributed by atoms with Crippen molar-refractivity contribution in [2.45, 2.75) is 39.2 Å². The van der Waals surface area contributed by atoms with Crippen molar-refractivity contribution in [3.63, 3.8) is 0 Å². The summed E-state index contributed by atoms with van der Waals surface area (Å²) in [5.41, 5.74) is 5.29. The summed E-state index contributed by atoms with van der Waals surface area (Å²) in [5.74, 6) is 0.800. The molecule has 0 radical (unpaired) electrons. The molecular formula is C27H36N4. The van der Waals surface area contributed by atoms with Gasteiger partial charge in [-0.1, -0.05) is 49.4 Å². The number of hydrogen-bond acceptors (Lipinski definition) is 3. The lowest BCUT2D eigenvalue weighted by Crippen LogP contribution is -2.38. The Balaban J connectivity index is 1.18. The normalized spacial score (nSPS) is 15.6. The molecule has 1 aliphatic heterocycles. The van der Waals surface area contributed by atoms with Crippen LogP contribution in [0, 0.1) is 5.92 Å². The van der Waals surface area contributed by atoms with Crippen LogP contribution in [0.1, 0.15) is 36.5 Å². The first kappa shape index (κ1) is 21.8. The Morgan fingerprint density at radius 2 is 1.65 bits per heavy atom. The molecule has 0 aliphatic carbocycles. The van der Waals surface area contributed by atoms with Crippen molar-refractivity contribution in [1.29, 1.82) is 0 Å². The zero-order valence-electron chi connectivity index (χ0n) is 19.1. The van der Waals surface area contributed by atoms with E-state index in [9.17, 15) is 0 Å². The highest BCUT2D eigenvalue weighted by molar-refractivity contribution is 5.30. The Kier molecular flexibility index (Phi) is 7.55. The Bertz CT molecular complexity index is 908. The van der Waals surface area contributed by atoms with Crippen LogP contribution in [0.15, 0.2) is 67.0 Å². The Labute approximate surface area is 187 Å². The maximum Gasteiger partial charge on any atom is 0.0645 e. The van der Waals surface area contributed by atoms with Gasteiger partial charge in [-0.3, -0.25) is 0 Å². The van der Waals surface area contributed by atoms with Gasteiger partial charge in [0, 0.05) is 31.4 Å². The van der Waals surface area contributed by atoms with E-state index in [0.717, 1.165) is 24.6 Å². The molecule has 0 N–H and O–H groups in total. The molecular weight excluding hydrogens is 380 g/mol. The molecule has 0 bridgehead atoms. The Morgan fingerprint density at radius 1 is 0.935 bits per heavy atom. The highest BCUT2D eigenvalue weighted by atomic mass is 15.3. The number of benzene rings is 2. The van der Waals surface area contributed by atoms with Crippen molar-refractivity contribution in [2.24, 2.45) is 5.92 Å². The molecule has 4 rings (SSSR count). The van der Waals surface area contributed by atoms with Crippen molar-refractivity contribution in [1.82, 2.24) is 19.6 Å². The maximum absolute atomic E-state index is 4.53. The predicted molar refractivity (Wildman–Crippen MR) is 129 cm³/mol. The third-order valence-electron chi connectivity index (χ3n) is 6.53. The summed E-state index contributed by atoms with van der Waals surface area (Å²) in [5, 5.41) is 4.53. The SMILES string of the molecule is CCc1ccc(CCN2CCC(CN(C)Cc3cnn(-c4ccccc4)c3)CC2)cc1. The summed E-state index contributed by atoms with van der Waals surface area (Å²) >= 11 is 0. The van der Waals surface area contributed by atoms with Gasteiger partial charge in [0.1, 0.15) is 0 Å². The molecule has 0 unspecified atom stereocenters. The minimum absolute atomic E-state index is 0.800. The number of aromatic nitrogens is 2. The van der Waals surface area contributed by atoms with Crippen LogP contribution >= 0.6 is 0 Å². The fourth-order valence-corrected chi connectivity index (χ4v) is 4.60. The lowest BCUT2D eigenvalue weighted by atomic mass is 9.96. The summed E-state index contributed by atoms with van der Waals surface area (Å²) in [4.78, 5) is 5.11. The molecule has 4 nitrogen and oxygen atoms in total. The summed E-state index contributed by atoms with van der Waals surface area (Å²) < 4.78 is 1.97. The second kappa shape index (κ2) is 10.7. The quantitative estimate of drug-likeness (QED) is 0.500. The van der Waals surface area contributed by atoms with Crippen LogP contribution < -0.4 is 0 Å². The lowest BCUT2D eigenvalue weighted by Gasteiger charge is -2.33. The number of piperidine rings is 1. The van der Waals surface area contributed by atoms with Gasteiger partial charge in [0.2, 0.25) is 0 Å². The zero-order valence-corrected chi connectivity index (χ0v) is 19.1. The van der Waals surface area contributed by atoms with Crippen LogP contribution in [0.3, 0.4) is 0 Å². The predicted octanol–water partition coefficient (Wildman–Crippen LogP) is 4.82. The van der Waals surface area contributed by atoms with Gasteiger partial charge in [0.15, 0.2) is 0 Å². The van der Waals surface area contributed by atoms with Crippen LogP contribution in [0.2, 0.25) is 0 Å². The number of hydrogen-bond donors (Lipinski definition) is 0. The maximum atomic E-state index is 4.53. The molecule has 0 atom stereocenters. The molecule has 4 heteroatoms. The fraction of sp³-hybridized carbons (Fsp3) is 0.444. The van der Waals surface area contributed by atoms with Crippen molar-refractivity contribution < 1.29 is 0 Å². The van der Waals surface area contributed by atoms with Crippen LogP contribution in [-0.2, 0) is 19.4 Å². The molecule has 1 fully saturated rings. The van der Waals surface area contributed by atoms with Crippen molar-refractivity contribution >= 4 is 0 Å². The molecule has 1 saturated heterocycles. The van der Waals surface area contributed by atoms with E-state index in [4.69, 9.17) is 0 Å². The number of likely N-dealkylation sites (tertiary alicyclic amines) is 1. The number of para-hydroxylation sites is 1. The van der Waals surface area contributed by atoms with Gasteiger partial charge < -0.3 is 9.80 Å². The van der Waals surface area contributed by atoms with Crippen molar-refractivity contribution in [3.8, 4) is 5.69 Å². The summed E-state index contributed by atoms with van der Waals surface area (Å²) in [6, 6.07) is 19.5. The van der Waals surface area contributed by atoms with E-state index in [0.29, 0.717) is 0 Å². The lowest BCUT2D eigenvalue weighted by molar-refractivity contribution is 0.153. The second-order valence-electron chi connectivity index (χ2n) is 9.03. The standard InChI is InChI=1S/C27H36N4/c1-3-23-9-11-24(12-10-23)13-16-30-17-14-25(15-18-30)20-29(2)21-26-19-28-31(22-26)27-7-5-4-6-8-27/h4-12,19,22,25H,3,13-18,20-21H2,1-2H3. The third kappa shape index (κ3) is 6.28. The van der Waals surface area contributed by atoms with E-state index >= 15 is 0 Å². The van der Waals surface area contributed by atoms with E-state index in [2.05, 4.69) is 83.6 Å². The van der Waals surface area contributed by atoms with Gasteiger partial charge in [-0.2, -0.15) is 5.10 Å². The average Bonchev–Trinajstić information content (AvgIpc) is 3.28. The van der Waals surface area contributed by atoms with Crippen molar-refractivity contribution in [3.05, 3.63) is 83.7 Å². The van der Waals surface area contributed by atoms with Crippen molar-refractivity contribution in [2.75, 3.05) is 33.2 Å². The van der Waals surface area contributed by atoms with E-state index in [1.165, 1.54) is 62.1 Å². The molecule has 1 aliphatic rings. The smallest absolute Gasteiger partial charge is 0.0645 e. The van der Waals surface area contributed by atoms with Crippen LogP contribution in [0.4, 0.5) is 0 Å². The first-order valence-electron chi connectivity index (χ1n) is 11.8. The van der Waals surface area contributed by atoms with E-state index in [-0.39, 0.29) is 0 Å². The fourth-order valence-electron chi connectivity index (χ4n) is 4.60. The van der Waals surface area contributed by atoms with Gasteiger partial charge in [-0.15, -0.1) is 0 Å². The number of aryl methyl sites for hydroxylation is 1. The molecule has 2 aromatic carbocycles. The van der Waals surface area contributed by atoms with Gasteiger partial charge in [-0.05, 0) is 75.0 Å². The zero-order chi connectivity index (χ0) is 21.5. The van der Waals surface area contributed by atoms with E-state index in [1.807, 2.05) is 16.9 Å². The Morgan fingerprint density at radius 3 is 2.35 bits per heavy atom. The second-order valence-corrected chi connectivity index (χ2v) is 9.03. The van der Waals surface area contributed by atoms with Gasteiger partial charge in [0.25, 0.3) is 0 Å². The molecule has 2 heterocycles. The van der Waals surface area contributed by atoms with E-state index < -0.39 is 0 Å². The topological polar surface area (TPSA) is 24.3 Å². The van der Waals surface area contributed by atoms with Gasteiger partial charge >= 0.3 is 0 Å². The minimum Gasteiger partial charge on any atom is -0.303 e. The monoisotopic (exact) mass is 416 g/mol. The largest absolute Gasteiger partial charge is 0.303 e. The molecule has 31 heavy (non-hydrogen) atoms. The number of rotatable bonds is 9. The first-order valence-corrected chi connectivity index (χ1v) is 11.8. The third-order valence-corrected chi connectivity index (χ3v) is 6.53. The van der Waals surface area contributed by atoms with Gasteiger partial charge in [-0.25, -0.2) is 4.68 Å². The minimum atomic E-state index is 0.800. The molecule has 0 saturated carbocycles. The highest BCUT2D eigenvalue weighted by Gasteiger charge is 2.20. The highest BCUT2D eigenvalue weighted by Crippen LogP contribution is 2.19. The molecule has 3 aromatic rings. The molecule has 0 spiro atoms. The average molecular weight is 417 g/mol. The molecule has 0 amide bonds. The molecule has 1 aromatic heterocycles. The Hall–Kier alpha value is -2.43. The summed E-state index contributed by atoms with van der Waals surface area (Å²) in [6.07, 6.45) is 9.06. The summed E-state index contributed by atoms with van der Waals surface area (Å²) in [6.45, 7) is 8.00. The van der Waals surface area contributed by atoms with Gasteiger partial charge in [0.05, 0.1) is 11.9 Å². The summed E-state index contributed by atoms with van der Waals surface area (Å²) in [7, 11) is 2.24. The number of nitrogens with zero attached hydrogens (tertiary/aromatic N) is 4. The van der Waals surface area contributed by atoms with Crippen LogP contribution in [-0.4, -0.2) is 52.8 Å². The van der Waals surface area contributed by atoms with Crippen LogP contribution in [0.25, 0.3) is 5.69 Å². The van der Waals surface area contributed by atoms with Crippen LogP contribution in [0.5, 0.6) is 0 Å². The first-order chi connectivity index (χ1) is 15.2. The molecule has 164 valence electrons.